The number of nitrogens with two attached hydrogens (primary N) is 1. The van der Waals surface area contributed by atoms with E-state index < -0.39 is 4.92 Å². The zero-order valence-electron chi connectivity index (χ0n) is 11.6. The Morgan fingerprint density at radius 3 is 2.29 bits per heavy atom. The second kappa shape index (κ2) is 6.18. The van der Waals surface area contributed by atoms with E-state index in [1.807, 2.05) is 0 Å². The molecule has 10 heteroatoms. The number of thiocarbonyl (C=S) groups is 1. The third-order valence-electron chi connectivity index (χ3n) is 3.37. The van der Waals surface area contributed by atoms with Crippen molar-refractivity contribution < 1.29 is 4.92 Å². The molecule has 0 amide bonds. The number of nitrogens with one attached hydrogen (secondary N) is 1. The predicted molar refractivity (Wildman–Crippen MR) is 99.1 cm³/mol. The van der Waals surface area contributed by atoms with Gasteiger partial charge in [-0.05, 0) is 30.4 Å². The first-order valence-electron chi connectivity index (χ1n) is 6.41. The molecule has 0 bridgehead atoms. The number of nitrogens with zero attached hydrogens (tertiary/aromatic N) is 2. The summed E-state index contributed by atoms with van der Waals surface area (Å²) in [6.07, 6.45) is 0. The van der Waals surface area contributed by atoms with Gasteiger partial charge in [-0.3, -0.25) is 15.5 Å². The minimum atomic E-state index is -0.524. The second-order valence-corrected chi connectivity index (χ2v) is 6.57. The van der Waals surface area contributed by atoms with Crippen LogP contribution < -0.4 is 11.2 Å². The van der Waals surface area contributed by atoms with Crippen molar-refractivity contribution in [3.8, 4) is 11.1 Å². The van der Waals surface area contributed by atoms with Crippen molar-refractivity contribution in [2.24, 2.45) is 10.8 Å². The number of fused-ring (bicyclic) bond motifs is 3. The van der Waals surface area contributed by atoms with Crippen LogP contribution in [0.15, 0.2) is 29.4 Å². The summed E-state index contributed by atoms with van der Waals surface area (Å²) in [5.41, 5.74) is 9.82. The van der Waals surface area contributed by atoms with Crippen molar-refractivity contribution in [2.45, 2.75) is 0 Å². The molecule has 24 heavy (non-hydrogen) atoms. The van der Waals surface area contributed by atoms with Gasteiger partial charge in [0.25, 0.3) is 5.69 Å². The first-order valence-corrected chi connectivity index (χ1v) is 7.95. The lowest BCUT2D eigenvalue weighted by molar-refractivity contribution is -0.384. The van der Waals surface area contributed by atoms with Crippen LogP contribution in [0.3, 0.4) is 0 Å². The van der Waals surface area contributed by atoms with Crippen LogP contribution in [-0.4, -0.2) is 15.7 Å². The quantitative estimate of drug-likeness (QED) is 0.383. The smallest absolute Gasteiger partial charge is 0.279 e. The van der Waals surface area contributed by atoms with Gasteiger partial charge in [0.05, 0.1) is 21.2 Å². The number of nitro groups is 1. The average molecular weight is 402 g/mol. The van der Waals surface area contributed by atoms with E-state index in [0.29, 0.717) is 33.0 Å². The lowest BCUT2D eigenvalue weighted by Crippen LogP contribution is -2.25. The summed E-state index contributed by atoms with van der Waals surface area (Å²) in [5, 5.41) is 16.4. The van der Waals surface area contributed by atoms with Crippen LogP contribution in [0.1, 0.15) is 11.1 Å². The first-order chi connectivity index (χ1) is 11.3. The molecule has 0 saturated heterocycles. The summed E-state index contributed by atoms with van der Waals surface area (Å²) in [6, 6.07) is 5.95. The van der Waals surface area contributed by atoms with Crippen molar-refractivity contribution in [2.75, 3.05) is 0 Å². The van der Waals surface area contributed by atoms with Gasteiger partial charge in [0, 0.05) is 32.8 Å². The molecule has 122 valence electrons. The molecule has 6 nitrogen and oxygen atoms in total. The van der Waals surface area contributed by atoms with Crippen molar-refractivity contribution in [1.82, 2.24) is 5.43 Å². The fourth-order valence-electron chi connectivity index (χ4n) is 2.58. The molecule has 0 saturated carbocycles. The highest BCUT2D eigenvalue weighted by atomic mass is 35.5. The molecule has 1 aliphatic carbocycles. The summed E-state index contributed by atoms with van der Waals surface area (Å²) >= 11 is 23.1. The van der Waals surface area contributed by atoms with Gasteiger partial charge in [-0.25, -0.2) is 0 Å². The standard InChI is InChI=1S/C14H7Cl3N4O2S/c15-5-1-7-11(9(17)3-5)12-8(13(7)19-20-14(18)24)2-6(16)4-10(12)21(22)23/h1-4H,(H3,18,20,24). The van der Waals surface area contributed by atoms with E-state index >= 15 is 0 Å². The number of rotatable bonds is 2. The number of hydrogen-bond acceptors (Lipinski definition) is 4. The summed E-state index contributed by atoms with van der Waals surface area (Å²) in [6.45, 7) is 0. The van der Waals surface area contributed by atoms with Gasteiger partial charge in [-0.1, -0.05) is 34.8 Å². The molecular formula is C14H7Cl3N4O2S. The van der Waals surface area contributed by atoms with Gasteiger partial charge in [-0.2, -0.15) is 5.10 Å². The fraction of sp³-hybridized carbons (Fsp3) is 0. The topological polar surface area (TPSA) is 93.5 Å². The van der Waals surface area contributed by atoms with Gasteiger partial charge >= 0.3 is 0 Å². The van der Waals surface area contributed by atoms with Crippen LogP contribution in [0.2, 0.25) is 15.1 Å². The highest BCUT2D eigenvalue weighted by Gasteiger charge is 2.34. The molecule has 1 aliphatic rings. The summed E-state index contributed by atoms with van der Waals surface area (Å²) in [7, 11) is 0. The maximum absolute atomic E-state index is 11.5. The van der Waals surface area contributed by atoms with E-state index in [4.69, 9.17) is 52.8 Å². The summed E-state index contributed by atoms with van der Waals surface area (Å²) < 4.78 is 0. The predicted octanol–water partition coefficient (Wildman–Crippen LogP) is 4.12. The Morgan fingerprint density at radius 2 is 1.71 bits per heavy atom. The highest BCUT2D eigenvalue weighted by molar-refractivity contribution is 7.80. The van der Waals surface area contributed by atoms with Gasteiger partial charge in [0.15, 0.2) is 5.11 Å². The molecule has 0 unspecified atom stereocenters. The third kappa shape index (κ3) is 2.80. The molecule has 2 aromatic carbocycles. The Hall–Kier alpha value is -1.93. The normalized spacial score (nSPS) is 13.5. The molecular weight excluding hydrogens is 395 g/mol. The Kier molecular flexibility index (Phi) is 4.35. The van der Waals surface area contributed by atoms with Crippen molar-refractivity contribution in [3.63, 3.8) is 0 Å². The molecule has 0 spiro atoms. The van der Waals surface area contributed by atoms with Crippen LogP contribution in [0.25, 0.3) is 11.1 Å². The number of benzene rings is 2. The maximum atomic E-state index is 11.5. The molecule has 0 aromatic heterocycles. The fourth-order valence-corrected chi connectivity index (χ4v) is 3.42. The summed E-state index contributed by atoms with van der Waals surface area (Å²) in [4.78, 5) is 10.9. The molecule has 0 fully saturated rings. The maximum Gasteiger partial charge on any atom is 0.279 e. The van der Waals surface area contributed by atoms with Crippen molar-refractivity contribution in [3.05, 3.63) is 60.6 Å². The third-order valence-corrected chi connectivity index (χ3v) is 4.20. The van der Waals surface area contributed by atoms with Crippen LogP contribution in [-0.2, 0) is 0 Å². The van der Waals surface area contributed by atoms with Crippen LogP contribution in [0.5, 0.6) is 0 Å². The van der Waals surface area contributed by atoms with Crippen molar-refractivity contribution >= 4 is 63.5 Å². The van der Waals surface area contributed by atoms with E-state index in [-0.39, 0.29) is 20.8 Å². The second-order valence-electron chi connectivity index (χ2n) is 4.85. The summed E-state index contributed by atoms with van der Waals surface area (Å²) in [5.74, 6) is 0. The van der Waals surface area contributed by atoms with E-state index in [2.05, 4.69) is 10.5 Å². The Labute approximate surface area is 156 Å². The number of nitro benzene ring substituents is 1. The van der Waals surface area contributed by atoms with Crippen LogP contribution >= 0.6 is 47.0 Å². The van der Waals surface area contributed by atoms with E-state index in [1.165, 1.54) is 12.1 Å². The number of halogens is 3. The molecule has 2 aromatic rings. The zero-order valence-corrected chi connectivity index (χ0v) is 14.7. The molecule has 0 atom stereocenters. The Morgan fingerprint density at radius 1 is 1.12 bits per heavy atom. The molecule has 0 aliphatic heterocycles. The molecule has 0 radical (unpaired) electrons. The van der Waals surface area contributed by atoms with E-state index in [1.54, 1.807) is 12.1 Å². The Balaban J connectivity index is 2.41. The molecule has 0 heterocycles. The molecule has 3 N–H and O–H groups in total. The lowest BCUT2D eigenvalue weighted by atomic mass is 10.0. The van der Waals surface area contributed by atoms with E-state index in [0.717, 1.165) is 0 Å². The van der Waals surface area contributed by atoms with E-state index in [9.17, 15) is 10.1 Å². The zero-order chi connectivity index (χ0) is 17.6. The van der Waals surface area contributed by atoms with Gasteiger partial charge in [-0.15, -0.1) is 0 Å². The highest BCUT2D eigenvalue weighted by Crippen LogP contribution is 2.48. The lowest BCUT2D eigenvalue weighted by Gasteiger charge is -2.05. The largest absolute Gasteiger partial charge is 0.375 e. The SMILES string of the molecule is NC(=S)NN=C1c2cc(Cl)cc(Cl)c2-c2c1cc(Cl)cc2[N+](=O)[O-]. The van der Waals surface area contributed by atoms with Crippen LogP contribution in [0, 0.1) is 10.1 Å². The minimum Gasteiger partial charge on any atom is -0.375 e. The van der Waals surface area contributed by atoms with Gasteiger partial charge in [0.1, 0.15) is 0 Å². The number of hydrogen-bond donors (Lipinski definition) is 2. The monoisotopic (exact) mass is 400 g/mol. The minimum absolute atomic E-state index is 0.0536. The van der Waals surface area contributed by atoms with Gasteiger partial charge in [0.2, 0.25) is 0 Å². The first kappa shape index (κ1) is 16.9. The van der Waals surface area contributed by atoms with Crippen molar-refractivity contribution in [1.29, 1.82) is 0 Å². The van der Waals surface area contributed by atoms with Gasteiger partial charge < -0.3 is 5.73 Å². The van der Waals surface area contributed by atoms with Crippen LogP contribution in [0.4, 0.5) is 5.69 Å². The average Bonchev–Trinajstić information content (AvgIpc) is 2.77. The molecule has 3 rings (SSSR count). The number of hydrazone groups is 1. The Bertz CT molecular complexity index is 946.